The van der Waals surface area contributed by atoms with E-state index >= 15 is 0 Å². The number of rotatable bonds is 6. The van der Waals surface area contributed by atoms with E-state index in [0.29, 0.717) is 56.3 Å². The van der Waals surface area contributed by atoms with Crippen LogP contribution >= 0.6 is 0 Å². The molecule has 0 unspecified atom stereocenters. The number of anilines is 2. The fraction of sp³-hybridized carbons (Fsp3) is 0.391. The zero-order valence-electron chi connectivity index (χ0n) is 18.5. The molecule has 2 aliphatic heterocycles. The minimum Gasteiger partial charge on any atom is -0.495 e. The number of nitrogens with one attached hydrogen (secondary N) is 1. The number of carbonyl (C=O) groups is 2. The van der Waals surface area contributed by atoms with Crippen molar-refractivity contribution in [2.75, 3.05) is 50.2 Å². The molecule has 0 radical (unpaired) electrons. The summed E-state index contributed by atoms with van der Waals surface area (Å²) >= 11 is 0. The third kappa shape index (κ3) is 5.02. The van der Waals surface area contributed by atoms with Crippen LogP contribution in [-0.2, 0) is 30.8 Å². The van der Waals surface area contributed by atoms with Gasteiger partial charge in [-0.15, -0.1) is 0 Å². The van der Waals surface area contributed by atoms with Crippen LogP contribution in [0.15, 0.2) is 47.4 Å². The van der Waals surface area contributed by atoms with Crippen LogP contribution in [-0.4, -0.2) is 64.5 Å². The maximum atomic E-state index is 13.1. The molecular weight excluding hydrogens is 446 g/mol. The number of morpholine rings is 1. The maximum absolute atomic E-state index is 13.1. The van der Waals surface area contributed by atoms with E-state index in [1.807, 2.05) is 0 Å². The van der Waals surface area contributed by atoms with E-state index in [0.717, 1.165) is 5.56 Å². The molecule has 0 saturated carbocycles. The number of nitrogens with zero attached hydrogens (tertiary/aromatic N) is 2. The van der Waals surface area contributed by atoms with Gasteiger partial charge in [0.1, 0.15) is 12.3 Å². The van der Waals surface area contributed by atoms with Gasteiger partial charge in [-0.2, -0.15) is 4.31 Å². The molecule has 9 nitrogen and oxygen atoms in total. The third-order valence-electron chi connectivity index (χ3n) is 5.77. The number of methoxy groups -OCH3 is 1. The van der Waals surface area contributed by atoms with Gasteiger partial charge in [-0.3, -0.25) is 9.59 Å². The highest BCUT2D eigenvalue weighted by molar-refractivity contribution is 7.89. The van der Waals surface area contributed by atoms with Crippen molar-refractivity contribution in [2.45, 2.75) is 24.2 Å². The molecule has 0 atom stereocenters. The van der Waals surface area contributed by atoms with Crippen molar-refractivity contribution in [2.24, 2.45) is 0 Å². The lowest BCUT2D eigenvalue weighted by atomic mass is 10.1. The topological polar surface area (TPSA) is 105 Å². The van der Waals surface area contributed by atoms with Crippen molar-refractivity contribution in [3.05, 3.63) is 48.0 Å². The summed E-state index contributed by atoms with van der Waals surface area (Å²) in [5.41, 5.74) is 1.81. The monoisotopic (exact) mass is 473 g/mol. The molecule has 2 heterocycles. The predicted octanol–water partition coefficient (Wildman–Crippen LogP) is 2.02. The van der Waals surface area contributed by atoms with Gasteiger partial charge in [-0.1, -0.05) is 12.1 Å². The molecule has 1 saturated heterocycles. The Labute approximate surface area is 193 Å². The van der Waals surface area contributed by atoms with Gasteiger partial charge >= 0.3 is 0 Å². The van der Waals surface area contributed by atoms with Crippen molar-refractivity contribution >= 4 is 33.2 Å². The van der Waals surface area contributed by atoms with Gasteiger partial charge in [-0.05, 0) is 48.7 Å². The Bertz CT molecular complexity index is 1140. The second kappa shape index (κ2) is 9.90. The molecule has 4 rings (SSSR count). The second-order valence-corrected chi connectivity index (χ2v) is 9.83. The Morgan fingerprint density at radius 1 is 1.12 bits per heavy atom. The number of carbonyl (C=O) groups excluding carboxylic acids is 2. The highest BCUT2D eigenvalue weighted by atomic mass is 32.2. The fourth-order valence-corrected chi connectivity index (χ4v) is 5.54. The molecule has 2 amide bonds. The fourth-order valence-electron chi connectivity index (χ4n) is 4.08. The van der Waals surface area contributed by atoms with Gasteiger partial charge in [0.15, 0.2) is 0 Å². The predicted molar refractivity (Wildman–Crippen MR) is 123 cm³/mol. The van der Waals surface area contributed by atoms with Gasteiger partial charge < -0.3 is 19.7 Å². The van der Waals surface area contributed by atoms with E-state index in [1.54, 1.807) is 36.4 Å². The Hall–Kier alpha value is -2.95. The van der Waals surface area contributed by atoms with E-state index in [-0.39, 0.29) is 29.7 Å². The first-order valence-electron chi connectivity index (χ1n) is 10.8. The molecule has 2 aromatic carbocycles. The Morgan fingerprint density at radius 3 is 2.64 bits per heavy atom. The van der Waals surface area contributed by atoms with Crippen LogP contribution in [0.5, 0.6) is 5.75 Å². The highest BCUT2D eigenvalue weighted by Crippen LogP contribution is 2.31. The highest BCUT2D eigenvalue weighted by Gasteiger charge is 2.29. The van der Waals surface area contributed by atoms with Crippen LogP contribution in [0.2, 0.25) is 0 Å². The van der Waals surface area contributed by atoms with Gasteiger partial charge in [-0.25, -0.2) is 8.42 Å². The summed E-state index contributed by atoms with van der Waals surface area (Å²) in [6.45, 7) is 1.18. The SMILES string of the molecule is COc1ccccc1NC(=O)CN1C(=O)CCCc2cc(S(=O)(=O)N3CCOCC3)ccc21. The first kappa shape index (κ1) is 23.2. The summed E-state index contributed by atoms with van der Waals surface area (Å²) in [6.07, 6.45) is 1.41. The molecule has 0 spiro atoms. The van der Waals surface area contributed by atoms with Crippen molar-refractivity contribution in [3.63, 3.8) is 0 Å². The molecule has 10 heteroatoms. The zero-order chi connectivity index (χ0) is 23.4. The molecule has 0 aromatic heterocycles. The molecule has 1 fully saturated rings. The first-order valence-corrected chi connectivity index (χ1v) is 12.3. The van der Waals surface area contributed by atoms with Crippen LogP contribution in [0.1, 0.15) is 18.4 Å². The first-order chi connectivity index (χ1) is 15.9. The molecule has 0 aliphatic carbocycles. The minimum absolute atomic E-state index is 0.173. The largest absolute Gasteiger partial charge is 0.495 e. The number of ether oxygens (including phenoxy) is 2. The lowest BCUT2D eigenvalue weighted by Gasteiger charge is -2.27. The second-order valence-electron chi connectivity index (χ2n) is 7.89. The Morgan fingerprint density at radius 2 is 1.88 bits per heavy atom. The number of amides is 2. The third-order valence-corrected chi connectivity index (χ3v) is 7.66. The van der Waals surface area contributed by atoms with Crippen LogP contribution < -0.4 is 15.0 Å². The smallest absolute Gasteiger partial charge is 0.244 e. The minimum atomic E-state index is -3.65. The molecule has 2 aliphatic rings. The van der Waals surface area contributed by atoms with Gasteiger partial charge in [0.2, 0.25) is 21.8 Å². The summed E-state index contributed by atoms with van der Waals surface area (Å²) in [5.74, 6) is -0.0233. The lowest BCUT2D eigenvalue weighted by Crippen LogP contribution is -2.40. The summed E-state index contributed by atoms with van der Waals surface area (Å²) in [4.78, 5) is 27.2. The van der Waals surface area contributed by atoms with E-state index in [1.165, 1.54) is 22.4 Å². The number of benzene rings is 2. The molecule has 33 heavy (non-hydrogen) atoms. The van der Waals surface area contributed by atoms with E-state index in [2.05, 4.69) is 5.32 Å². The van der Waals surface area contributed by atoms with E-state index in [9.17, 15) is 18.0 Å². The number of sulfonamides is 1. The number of fused-ring (bicyclic) bond motifs is 1. The van der Waals surface area contributed by atoms with Crippen molar-refractivity contribution < 1.29 is 27.5 Å². The van der Waals surface area contributed by atoms with Crippen LogP contribution in [0.25, 0.3) is 0 Å². The van der Waals surface area contributed by atoms with Gasteiger partial charge in [0.25, 0.3) is 0 Å². The van der Waals surface area contributed by atoms with E-state index in [4.69, 9.17) is 9.47 Å². The number of para-hydroxylation sites is 2. The lowest BCUT2D eigenvalue weighted by molar-refractivity contribution is -0.121. The number of hydrogen-bond acceptors (Lipinski definition) is 6. The standard InChI is InChI=1S/C23H27N3O6S/c1-31-21-7-3-2-6-19(21)24-22(27)16-26-20-10-9-18(15-17(20)5-4-8-23(26)28)33(29,30)25-11-13-32-14-12-25/h2-3,6-7,9-10,15H,4-5,8,11-14,16H2,1H3,(H,24,27). The van der Waals surface area contributed by atoms with Crippen LogP contribution in [0.3, 0.4) is 0 Å². The average Bonchev–Trinajstić information content (AvgIpc) is 2.98. The van der Waals surface area contributed by atoms with Gasteiger partial charge in [0, 0.05) is 25.2 Å². The summed E-state index contributed by atoms with van der Waals surface area (Å²) in [6, 6.07) is 11.8. The normalized spacial score (nSPS) is 17.2. The van der Waals surface area contributed by atoms with Crippen LogP contribution in [0.4, 0.5) is 11.4 Å². The van der Waals surface area contributed by atoms with Crippen molar-refractivity contribution in [3.8, 4) is 5.75 Å². The van der Waals surface area contributed by atoms with Gasteiger partial charge in [0.05, 0.1) is 30.9 Å². The molecule has 0 bridgehead atoms. The van der Waals surface area contributed by atoms with E-state index < -0.39 is 10.0 Å². The number of aryl methyl sites for hydroxylation is 1. The Balaban J connectivity index is 1.58. The molecule has 2 aromatic rings. The average molecular weight is 474 g/mol. The number of hydrogen-bond donors (Lipinski definition) is 1. The summed E-state index contributed by atoms with van der Waals surface area (Å²) < 4.78 is 38.1. The van der Waals surface area contributed by atoms with Crippen LogP contribution in [0, 0.1) is 0 Å². The quantitative estimate of drug-likeness (QED) is 0.688. The van der Waals surface area contributed by atoms with Crippen molar-refractivity contribution in [1.29, 1.82) is 0 Å². The molecule has 176 valence electrons. The Kier molecular flexibility index (Phi) is 6.96. The molecular formula is C23H27N3O6S. The summed E-state index contributed by atoms with van der Waals surface area (Å²) in [7, 11) is -2.14. The zero-order valence-corrected chi connectivity index (χ0v) is 19.3. The maximum Gasteiger partial charge on any atom is 0.244 e. The molecule has 1 N–H and O–H groups in total. The summed E-state index contributed by atoms with van der Waals surface area (Å²) in [5, 5.41) is 2.79. The van der Waals surface area contributed by atoms with Crippen molar-refractivity contribution in [1.82, 2.24) is 4.31 Å².